The predicted octanol–water partition coefficient (Wildman–Crippen LogP) is 2.91. The van der Waals surface area contributed by atoms with Crippen molar-refractivity contribution in [2.24, 2.45) is 11.8 Å². The standard InChI is InChI=1S/C14H19NO2/c16-14(17)13(12-3-1-2-4-12)6-5-11-7-9-15-10-8-11/h7-10,12-13H,1-6H2,(H,16,17). The van der Waals surface area contributed by atoms with Gasteiger partial charge in [-0.25, -0.2) is 0 Å². The summed E-state index contributed by atoms with van der Waals surface area (Å²) >= 11 is 0. The second-order valence-corrected chi connectivity index (χ2v) is 4.88. The first-order valence-corrected chi connectivity index (χ1v) is 6.39. The number of rotatable bonds is 5. The molecule has 17 heavy (non-hydrogen) atoms. The van der Waals surface area contributed by atoms with Gasteiger partial charge in [-0.1, -0.05) is 12.8 Å². The lowest BCUT2D eigenvalue weighted by Crippen LogP contribution is -2.22. The van der Waals surface area contributed by atoms with Gasteiger partial charge in [0, 0.05) is 12.4 Å². The first-order chi connectivity index (χ1) is 8.27. The summed E-state index contributed by atoms with van der Waals surface area (Å²) in [5.41, 5.74) is 1.18. The van der Waals surface area contributed by atoms with Gasteiger partial charge in [-0.2, -0.15) is 0 Å². The Kier molecular flexibility index (Phi) is 4.13. The van der Waals surface area contributed by atoms with Crippen LogP contribution in [0, 0.1) is 11.8 Å². The molecule has 1 aromatic rings. The fourth-order valence-electron chi connectivity index (χ4n) is 2.79. The van der Waals surface area contributed by atoms with Crippen LogP contribution in [0.15, 0.2) is 24.5 Å². The van der Waals surface area contributed by atoms with E-state index in [1.54, 1.807) is 12.4 Å². The lowest BCUT2D eigenvalue weighted by atomic mass is 9.86. The number of aliphatic carboxylic acids is 1. The summed E-state index contributed by atoms with van der Waals surface area (Å²) in [6.45, 7) is 0. The Hall–Kier alpha value is -1.38. The number of nitrogens with zero attached hydrogens (tertiary/aromatic N) is 1. The zero-order chi connectivity index (χ0) is 12.1. The summed E-state index contributed by atoms with van der Waals surface area (Å²) in [5.74, 6) is -0.383. The lowest BCUT2D eigenvalue weighted by molar-refractivity contribution is -0.143. The maximum atomic E-state index is 11.3. The molecule has 1 N–H and O–H groups in total. The number of carboxylic acids is 1. The van der Waals surface area contributed by atoms with Crippen LogP contribution in [0.5, 0.6) is 0 Å². The summed E-state index contributed by atoms with van der Waals surface area (Å²) < 4.78 is 0. The van der Waals surface area contributed by atoms with Gasteiger partial charge in [0.2, 0.25) is 0 Å². The smallest absolute Gasteiger partial charge is 0.306 e. The third-order valence-electron chi connectivity index (χ3n) is 3.78. The van der Waals surface area contributed by atoms with Crippen molar-refractivity contribution in [2.45, 2.75) is 38.5 Å². The van der Waals surface area contributed by atoms with E-state index in [0.717, 1.165) is 25.7 Å². The predicted molar refractivity (Wildman–Crippen MR) is 65.6 cm³/mol. The molecular formula is C14H19NO2. The van der Waals surface area contributed by atoms with E-state index in [0.29, 0.717) is 5.92 Å². The van der Waals surface area contributed by atoms with E-state index in [-0.39, 0.29) is 5.92 Å². The Morgan fingerprint density at radius 2 is 2.00 bits per heavy atom. The molecule has 1 heterocycles. The zero-order valence-electron chi connectivity index (χ0n) is 10.0. The van der Waals surface area contributed by atoms with Gasteiger partial charge in [-0.15, -0.1) is 0 Å². The van der Waals surface area contributed by atoms with Gasteiger partial charge in [-0.05, 0) is 49.3 Å². The molecule has 1 atom stereocenters. The third-order valence-corrected chi connectivity index (χ3v) is 3.78. The molecule has 2 rings (SSSR count). The van der Waals surface area contributed by atoms with Gasteiger partial charge in [0.1, 0.15) is 0 Å². The maximum Gasteiger partial charge on any atom is 0.306 e. The van der Waals surface area contributed by atoms with Gasteiger partial charge in [-0.3, -0.25) is 9.78 Å². The molecule has 1 unspecified atom stereocenters. The molecular weight excluding hydrogens is 214 g/mol. The average Bonchev–Trinajstić information content (AvgIpc) is 2.84. The van der Waals surface area contributed by atoms with Gasteiger partial charge in [0.25, 0.3) is 0 Å². The Morgan fingerprint density at radius 1 is 1.35 bits per heavy atom. The summed E-state index contributed by atoms with van der Waals surface area (Å²) in [6, 6.07) is 3.93. The summed E-state index contributed by atoms with van der Waals surface area (Å²) in [5, 5.41) is 9.30. The SMILES string of the molecule is O=C(O)C(CCc1ccncc1)C1CCCC1. The van der Waals surface area contributed by atoms with Crippen molar-refractivity contribution in [1.29, 1.82) is 0 Å². The second-order valence-electron chi connectivity index (χ2n) is 4.88. The van der Waals surface area contributed by atoms with Crippen LogP contribution in [0.3, 0.4) is 0 Å². The molecule has 92 valence electrons. The molecule has 1 saturated carbocycles. The van der Waals surface area contributed by atoms with Gasteiger partial charge >= 0.3 is 5.97 Å². The number of carboxylic acid groups (broad SMARTS) is 1. The lowest BCUT2D eigenvalue weighted by Gasteiger charge is -2.18. The molecule has 0 amide bonds. The first-order valence-electron chi connectivity index (χ1n) is 6.39. The summed E-state index contributed by atoms with van der Waals surface area (Å²) in [4.78, 5) is 15.3. The van der Waals surface area contributed by atoms with Crippen molar-refractivity contribution in [1.82, 2.24) is 4.98 Å². The van der Waals surface area contributed by atoms with Crippen LogP contribution >= 0.6 is 0 Å². The Morgan fingerprint density at radius 3 is 2.59 bits per heavy atom. The number of carbonyl (C=O) groups is 1. The van der Waals surface area contributed by atoms with Gasteiger partial charge < -0.3 is 5.11 Å². The van der Waals surface area contributed by atoms with Gasteiger partial charge in [0.05, 0.1) is 5.92 Å². The van der Waals surface area contributed by atoms with Crippen molar-refractivity contribution >= 4 is 5.97 Å². The number of hydrogen-bond acceptors (Lipinski definition) is 2. The maximum absolute atomic E-state index is 11.3. The molecule has 0 bridgehead atoms. The van der Waals surface area contributed by atoms with Gasteiger partial charge in [0.15, 0.2) is 0 Å². The summed E-state index contributed by atoms with van der Waals surface area (Å²) in [6.07, 6.45) is 9.70. The van der Waals surface area contributed by atoms with Crippen LogP contribution in [0.2, 0.25) is 0 Å². The molecule has 0 aromatic carbocycles. The molecule has 1 aliphatic carbocycles. The van der Waals surface area contributed by atoms with E-state index >= 15 is 0 Å². The Labute approximate surface area is 102 Å². The third kappa shape index (κ3) is 3.29. The molecule has 0 radical (unpaired) electrons. The minimum Gasteiger partial charge on any atom is -0.481 e. The highest BCUT2D eigenvalue weighted by atomic mass is 16.4. The number of aromatic nitrogens is 1. The van der Waals surface area contributed by atoms with Crippen LogP contribution in [0.25, 0.3) is 0 Å². The Balaban J connectivity index is 1.92. The van der Waals surface area contributed by atoms with Crippen LogP contribution in [0.1, 0.15) is 37.7 Å². The van der Waals surface area contributed by atoms with E-state index in [1.807, 2.05) is 12.1 Å². The molecule has 1 aliphatic rings. The molecule has 0 aliphatic heterocycles. The van der Waals surface area contributed by atoms with Crippen LogP contribution in [-0.2, 0) is 11.2 Å². The van der Waals surface area contributed by atoms with E-state index in [2.05, 4.69) is 4.98 Å². The van der Waals surface area contributed by atoms with Crippen molar-refractivity contribution in [3.05, 3.63) is 30.1 Å². The van der Waals surface area contributed by atoms with Crippen molar-refractivity contribution in [3.8, 4) is 0 Å². The highest BCUT2D eigenvalue weighted by Gasteiger charge is 2.29. The number of hydrogen-bond donors (Lipinski definition) is 1. The van der Waals surface area contributed by atoms with Crippen molar-refractivity contribution in [2.75, 3.05) is 0 Å². The highest BCUT2D eigenvalue weighted by Crippen LogP contribution is 2.33. The van der Waals surface area contributed by atoms with Crippen LogP contribution in [-0.4, -0.2) is 16.1 Å². The molecule has 3 nitrogen and oxygen atoms in total. The monoisotopic (exact) mass is 233 g/mol. The average molecular weight is 233 g/mol. The highest BCUT2D eigenvalue weighted by molar-refractivity contribution is 5.70. The van der Waals surface area contributed by atoms with Crippen molar-refractivity contribution in [3.63, 3.8) is 0 Å². The molecule has 3 heteroatoms. The second kappa shape index (κ2) is 5.80. The Bertz CT molecular complexity index is 358. The minimum atomic E-state index is -0.619. The van der Waals surface area contributed by atoms with Crippen LogP contribution in [0.4, 0.5) is 0 Å². The topological polar surface area (TPSA) is 50.2 Å². The largest absolute Gasteiger partial charge is 0.481 e. The fraction of sp³-hybridized carbons (Fsp3) is 0.571. The zero-order valence-corrected chi connectivity index (χ0v) is 10.0. The van der Waals surface area contributed by atoms with E-state index in [4.69, 9.17) is 0 Å². The summed E-state index contributed by atoms with van der Waals surface area (Å²) in [7, 11) is 0. The normalized spacial score (nSPS) is 18.1. The molecule has 1 aromatic heterocycles. The minimum absolute atomic E-state index is 0.161. The number of aryl methyl sites for hydroxylation is 1. The van der Waals surface area contributed by atoms with E-state index in [9.17, 15) is 9.90 Å². The first kappa shape index (κ1) is 12.1. The molecule has 0 saturated heterocycles. The number of pyridine rings is 1. The van der Waals surface area contributed by atoms with E-state index < -0.39 is 5.97 Å². The fourth-order valence-corrected chi connectivity index (χ4v) is 2.79. The van der Waals surface area contributed by atoms with Crippen molar-refractivity contribution < 1.29 is 9.90 Å². The quantitative estimate of drug-likeness (QED) is 0.850. The molecule has 1 fully saturated rings. The van der Waals surface area contributed by atoms with E-state index in [1.165, 1.54) is 18.4 Å². The molecule has 0 spiro atoms. The van der Waals surface area contributed by atoms with Crippen LogP contribution < -0.4 is 0 Å².